The molecule has 70 valence electrons. The lowest BCUT2D eigenvalue weighted by Crippen LogP contribution is -1.96. The Hall–Kier alpha value is -1.89. The first kappa shape index (κ1) is 8.70. The van der Waals surface area contributed by atoms with Crippen LogP contribution in [0.1, 0.15) is 5.69 Å². The van der Waals surface area contributed by atoms with E-state index in [0.29, 0.717) is 11.9 Å². The van der Waals surface area contributed by atoms with Crippen molar-refractivity contribution in [2.75, 3.05) is 0 Å². The monoisotopic (exact) mass is 189 g/mol. The molecule has 0 N–H and O–H groups in total. The molecule has 0 unspecified atom stereocenters. The molecular formula is C10H8FN3. The zero-order valence-corrected chi connectivity index (χ0v) is 7.66. The average molecular weight is 189 g/mol. The van der Waals surface area contributed by atoms with E-state index in [1.165, 1.54) is 12.1 Å². The second-order valence-corrected chi connectivity index (χ2v) is 3.07. The molecule has 0 aliphatic heterocycles. The average Bonchev–Trinajstić information content (AvgIpc) is 2.43. The van der Waals surface area contributed by atoms with Gasteiger partial charge in [0.2, 0.25) is 0 Å². The van der Waals surface area contributed by atoms with Crippen molar-refractivity contribution in [1.29, 1.82) is 5.26 Å². The molecule has 0 saturated carbocycles. The maximum Gasteiger partial charge on any atom is 0.125 e. The minimum atomic E-state index is -0.306. The first-order valence-corrected chi connectivity index (χ1v) is 4.20. The van der Waals surface area contributed by atoms with Crippen LogP contribution in [-0.4, -0.2) is 9.78 Å². The van der Waals surface area contributed by atoms with Crippen molar-refractivity contribution in [2.24, 2.45) is 7.05 Å². The molecule has 14 heavy (non-hydrogen) atoms. The zero-order chi connectivity index (χ0) is 10.1. The third kappa shape index (κ3) is 1.23. The van der Waals surface area contributed by atoms with Crippen molar-refractivity contribution in [3.63, 3.8) is 0 Å². The Labute approximate surface area is 80.4 Å². The molecule has 0 bridgehead atoms. The lowest BCUT2D eigenvalue weighted by atomic mass is 10.2. The fourth-order valence-electron chi connectivity index (χ4n) is 1.51. The number of hydrogen-bond donors (Lipinski definition) is 0. The van der Waals surface area contributed by atoms with Gasteiger partial charge in [0.15, 0.2) is 0 Å². The fourth-order valence-corrected chi connectivity index (χ4v) is 1.51. The summed E-state index contributed by atoms with van der Waals surface area (Å²) in [6.45, 7) is 0. The molecule has 0 aliphatic carbocycles. The second-order valence-electron chi connectivity index (χ2n) is 3.07. The summed E-state index contributed by atoms with van der Waals surface area (Å²) >= 11 is 0. The number of aryl methyl sites for hydroxylation is 1. The Morgan fingerprint density at radius 1 is 1.57 bits per heavy atom. The summed E-state index contributed by atoms with van der Waals surface area (Å²) < 4.78 is 14.5. The number of aromatic nitrogens is 2. The Bertz CT molecular complexity index is 522. The number of hydrogen-bond acceptors (Lipinski definition) is 2. The molecule has 3 nitrogen and oxygen atoms in total. The Morgan fingerprint density at radius 3 is 3.07 bits per heavy atom. The molecule has 1 aromatic heterocycles. The highest BCUT2D eigenvalue weighted by Gasteiger charge is 2.08. The van der Waals surface area contributed by atoms with Gasteiger partial charge in [0.1, 0.15) is 5.82 Å². The van der Waals surface area contributed by atoms with Crippen LogP contribution in [0.4, 0.5) is 4.39 Å². The molecule has 0 atom stereocenters. The Balaban J connectivity index is 2.72. The predicted molar refractivity (Wildman–Crippen MR) is 50.0 cm³/mol. The minimum absolute atomic E-state index is 0.290. The van der Waals surface area contributed by atoms with Crippen molar-refractivity contribution in [3.8, 4) is 6.07 Å². The van der Waals surface area contributed by atoms with Crippen molar-refractivity contribution in [2.45, 2.75) is 6.42 Å². The molecular weight excluding hydrogens is 181 g/mol. The molecule has 1 heterocycles. The number of benzene rings is 1. The summed E-state index contributed by atoms with van der Waals surface area (Å²) in [6, 6.07) is 6.47. The van der Waals surface area contributed by atoms with Gasteiger partial charge < -0.3 is 0 Å². The lowest BCUT2D eigenvalue weighted by molar-refractivity contribution is 0.629. The summed E-state index contributed by atoms with van der Waals surface area (Å²) in [7, 11) is 1.75. The van der Waals surface area contributed by atoms with Gasteiger partial charge >= 0.3 is 0 Å². The van der Waals surface area contributed by atoms with Crippen molar-refractivity contribution in [3.05, 3.63) is 29.7 Å². The maximum atomic E-state index is 12.8. The van der Waals surface area contributed by atoms with Crippen molar-refractivity contribution < 1.29 is 4.39 Å². The highest BCUT2D eigenvalue weighted by atomic mass is 19.1. The first-order chi connectivity index (χ1) is 6.72. The SMILES string of the molecule is Cn1nc2cc(F)ccc2c1CC#N. The van der Waals surface area contributed by atoms with E-state index < -0.39 is 0 Å². The largest absolute Gasteiger partial charge is 0.270 e. The van der Waals surface area contributed by atoms with E-state index >= 15 is 0 Å². The van der Waals surface area contributed by atoms with E-state index in [4.69, 9.17) is 5.26 Å². The Morgan fingerprint density at radius 2 is 2.36 bits per heavy atom. The van der Waals surface area contributed by atoms with Crippen LogP contribution in [0.25, 0.3) is 10.9 Å². The van der Waals surface area contributed by atoms with E-state index in [9.17, 15) is 4.39 Å². The predicted octanol–water partition coefficient (Wildman–Crippen LogP) is 1.78. The smallest absolute Gasteiger partial charge is 0.125 e. The van der Waals surface area contributed by atoms with Crippen molar-refractivity contribution >= 4 is 10.9 Å². The molecule has 1 aromatic carbocycles. The van der Waals surface area contributed by atoms with Crippen LogP contribution in [0, 0.1) is 17.1 Å². The van der Waals surface area contributed by atoms with Crippen LogP contribution >= 0.6 is 0 Å². The minimum Gasteiger partial charge on any atom is -0.270 e. The van der Waals surface area contributed by atoms with Gasteiger partial charge in [-0.15, -0.1) is 0 Å². The van der Waals surface area contributed by atoms with Gasteiger partial charge in [-0.1, -0.05) is 0 Å². The van der Waals surface area contributed by atoms with E-state index in [1.807, 2.05) is 0 Å². The molecule has 2 rings (SSSR count). The summed E-state index contributed by atoms with van der Waals surface area (Å²) in [5.74, 6) is -0.306. The molecule has 0 radical (unpaired) electrons. The van der Waals surface area contributed by atoms with Gasteiger partial charge in [0.05, 0.1) is 23.7 Å². The number of fused-ring (bicyclic) bond motifs is 1. The molecule has 0 spiro atoms. The number of rotatable bonds is 1. The third-order valence-corrected chi connectivity index (χ3v) is 2.17. The molecule has 4 heteroatoms. The molecule has 0 fully saturated rings. The van der Waals surface area contributed by atoms with Crippen LogP contribution in [0.15, 0.2) is 18.2 Å². The van der Waals surface area contributed by atoms with E-state index in [1.54, 1.807) is 17.8 Å². The molecule has 0 saturated heterocycles. The summed E-state index contributed by atoms with van der Waals surface area (Å²) in [4.78, 5) is 0. The Kier molecular flexibility index (Phi) is 1.93. The zero-order valence-electron chi connectivity index (χ0n) is 7.66. The highest BCUT2D eigenvalue weighted by Crippen LogP contribution is 2.18. The molecule has 2 aromatic rings. The normalized spacial score (nSPS) is 10.4. The van der Waals surface area contributed by atoms with Crippen LogP contribution in [0.5, 0.6) is 0 Å². The standard InChI is InChI=1S/C10H8FN3/c1-14-10(4-5-12)8-3-2-7(11)6-9(8)13-14/h2-3,6H,4H2,1H3. The molecule has 0 aliphatic rings. The number of halogens is 1. The molecule has 0 amide bonds. The van der Waals surface area contributed by atoms with Crippen molar-refractivity contribution in [1.82, 2.24) is 9.78 Å². The van der Waals surface area contributed by atoms with Crippen LogP contribution in [0.3, 0.4) is 0 Å². The van der Waals surface area contributed by atoms with Gasteiger partial charge in [-0.05, 0) is 12.1 Å². The maximum absolute atomic E-state index is 12.8. The number of nitrogens with zero attached hydrogens (tertiary/aromatic N) is 3. The quantitative estimate of drug-likeness (QED) is 0.686. The number of nitriles is 1. The van der Waals surface area contributed by atoms with Gasteiger partial charge in [-0.2, -0.15) is 10.4 Å². The summed E-state index contributed by atoms with van der Waals surface area (Å²) in [5.41, 5.74) is 1.42. The van der Waals surface area contributed by atoms with Crippen LogP contribution in [0.2, 0.25) is 0 Å². The van der Waals surface area contributed by atoms with E-state index in [-0.39, 0.29) is 5.82 Å². The van der Waals surface area contributed by atoms with Gasteiger partial charge in [-0.3, -0.25) is 4.68 Å². The highest BCUT2D eigenvalue weighted by molar-refractivity contribution is 5.81. The third-order valence-electron chi connectivity index (χ3n) is 2.17. The first-order valence-electron chi connectivity index (χ1n) is 4.20. The van der Waals surface area contributed by atoms with E-state index in [2.05, 4.69) is 11.2 Å². The summed E-state index contributed by atoms with van der Waals surface area (Å²) in [6.07, 6.45) is 0.290. The second kappa shape index (κ2) is 3.11. The lowest BCUT2D eigenvalue weighted by Gasteiger charge is -1.94. The van der Waals surface area contributed by atoms with Gasteiger partial charge in [0, 0.05) is 18.5 Å². The fraction of sp³-hybridized carbons (Fsp3) is 0.200. The van der Waals surface area contributed by atoms with Crippen LogP contribution in [-0.2, 0) is 13.5 Å². The summed E-state index contributed by atoms with van der Waals surface area (Å²) in [5, 5.41) is 13.6. The topological polar surface area (TPSA) is 41.6 Å². The van der Waals surface area contributed by atoms with E-state index in [0.717, 1.165) is 11.1 Å². The van der Waals surface area contributed by atoms with Crippen LogP contribution < -0.4 is 0 Å². The van der Waals surface area contributed by atoms with Gasteiger partial charge in [0.25, 0.3) is 0 Å². The van der Waals surface area contributed by atoms with Gasteiger partial charge in [-0.25, -0.2) is 4.39 Å².